The van der Waals surface area contributed by atoms with Crippen molar-refractivity contribution in [2.75, 3.05) is 4.90 Å². The van der Waals surface area contributed by atoms with Gasteiger partial charge in [0, 0.05) is 9.50 Å². The lowest BCUT2D eigenvalue weighted by Gasteiger charge is -2.16. The molecule has 0 aromatic heterocycles. The fourth-order valence-electron chi connectivity index (χ4n) is 2.39. The molecule has 0 unspecified atom stereocenters. The van der Waals surface area contributed by atoms with Gasteiger partial charge in [0.05, 0.1) is 5.69 Å². The number of nitrogens with one attached hydrogen (secondary N) is 1. The third kappa shape index (κ3) is 3.32. The summed E-state index contributed by atoms with van der Waals surface area (Å²) < 4.78 is 0.949. The van der Waals surface area contributed by atoms with Crippen LogP contribution in [0.25, 0.3) is 6.08 Å². The van der Waals surface area contributed by atoms with Crippen LogP contribution in [0.15, 0.2) is 52.6 Å². The van der Waals surface area contributed by atoms with Gasteiger partial charge in [-0.15, -0.1) is 0 Å². The van der Waals surface area contributed by atoms with Crippen LogP contribution in [0.1, 0.15) is 11.1 Å². The van der Waals surface area contributed by atoms with Crippen molar-refractivity contribution in [1.29, 1.82) is 0 Å². The van der Waals surface area contributed by atoms with Crippen molar-refractivity contribution in [3.05, 3.63) is 68.8 Å². The van der Waals surface area contributed by atoms with Crippen LogP contribution < -0.4 is 10.2 Å². The van der Waals surface area contributed by atoms with E-state index in [4.69, 9.17) is 23.8 Å². The van der Waals surface area contributed by atoms with E-state index in [9.17, 15) is 4.79 Å². The number of carbonyl (C=O) groups excluding carboxylic acids is 1. The van der Waals surface area contributed by atoms with Crippen molar-refractivity contribution in [2.45, 2.75) is 6.92 Å². The van der Waals surface area contributed by atoms with Gasteiger partial charge < -0.3 is 5.32 Å². The second kappa shape index (κ2) is 6.43. The van der Waals surface area contributed by atoms with Gasteiger partial charge in [0.2, 0.25) is 0 Å². The molecule has 1 aliphatic heterocycles. The second-order valence-corrected chi connectivity index (χ2v) is 6.85. The molecular formula is C17H12BrClN2OS. The average Bonchev–Trinajstić information content (AvgIpc) is 2.74. The Morgan fingerprint density at radius 3 is 2.74 bits per heavy atom. The van der Waals surface area contributed by atoms with Crippen molar-refractivity contribution in [3.8, 4) is 0 Å². The van der Waals surface area contributed by atoms with Gasteiger partial charge in [-0.25, -0.2) is 0 Å². The number of aryl methyl sites for hydroxylation is 1. The molecule has 1 amide bonds. The Labute approximate surface area is 153 Å². The Kier molecular flexibility index (Phi) is 4.53. The lowest BCUT2D eigenvalue weighted by molar-refractivity contribution is -0.113. The smallest absolute Gasteiger partial charge is 0.281 e. The number of halogens is 2. The molecule has 1 N–H and O–H groups in total. The Balaban J connectivity index is 1.97. The van der Waals surface area contributed by atoms with E-state index in [2.05, 4.69) is 21.2 Å². The molecule has 0 bridgehead atoms. The monoisotopic (exact) mass is 406 g/mol. The number of carbonyl (C=O) groups is 1. The summed E-state index contributed by atoms with van der Waals surface area (Å²) in [5, 5.41) is 3.97. The highest BCUT2D eigenvalue weighted by Gasteiger charge is 2.32. The number of hydrogen-bond donors (Lipinski definition) is 1. The van der Waals surface area contributed by atoms with Crippen LogP contribution in [0.3, 0.4) is 0 Å². The third-order valence-electron chi connectivity index (χ3n) is 3.44. The summed E-state index contributed by atoms with van der Waals surface area (Å²) >= 11 is 14.7. The van der Waals surface area contributed by atoms with Crippen molar-refractivity contribution < 1.29 is 4.79 Å². The number of nitrogens with zero attached hydrogens (tertiary/aromatic N) is 1. The van der Waals surface area contributed by atoms with E-state index in [0.717, 1.165) is 21.3 Å². The van der Waals surface area contributed by atoms with Crippen LogP contribution >= 0.6 is 39.7 Å². The van der Waals surface area contributed by atoms with Crippen LogP contribution in [-0.2, 0) is 4.79 Å². The molecule has 1 aliphatic rings. The minimum absolute atomic E-state index is 0.180. The summed E-state index contributed by atoms with van der Waals surface area (Å²) in [5.74, 6) is -0.180. The Morgan fingerprint density at radius 2 is 2.04 bits per heavy atom. The minimum Gasteiger partial charge on any atom is -0.327 e. The van der Waals surface area contributed by atoms with Gasteiger partial charge in [-0.05, 0) is 66.7 Å². The zero-order valence-electron chi connectivity index (χ0n) is 12.1. The van der Waals surface area contributed by atoms with E-state index in [0.29, 0.717) is 15.8 Å². The van der Waals surface area contributed by atoms with E-state index in [-0.39, 0.29) is 5.91 Å². The molecule has 0 radical (unpaired) electrons. The SMILES string of the molecule is Cc1cc(Cl)ccc1N1C(=O)/C(=C\c2cccc(Br)c2)NC1=S. The molecule has 1 saturated heterocycles. The molecule has 0 aliphatic carbocycles. The second-order valence-electron chi connectivity index (χ2n) is 5.11. The number of amides is 1. The maximum Gasteiger partial charge on any atom is 0.281 e. The molecule has 2 aromatic carbocycles. The van der Waals surface area contributed by atoms with Gasteiger partial charge in [0.1, 0.15) is 5.70 Å². The summed E-state index contributed by atoms with van der Waals surface area (Å²) in [6, 6.07) is 13.0. The quantitative estimate of drug-likeness (QED) is 0.580. The van der Waals surface area contributed by atoms with Crippen LogP contribution in [-0.4, -0.2) is 11.0 Å². The maximum atomic E-state index is 12.7. The molecule has 23 heavy (non-hydrogen) atoms. The number of rotatable bonds is 2. The summed E-state index contributed by atoms with van der Waals surface area (Å²) in [6.45, 7) is 1.90. The van der Waals surface area contributed by atoms with E-state index in [1.165, 1.54) is 4.90 Å². The number of hydrogen-bond acceptors (Lipinski definition) is 2. The van der Waals surface area contributed by atoms with Crippen LogP contribution in [0.2, 0.25) is 5.02 Å². The first-order chi connectivity index (χ1) is 11.0. The maximum absolute atomic E-state index is 12.7. The molecule has 6 heteroatoms. The zero-order valence-corrected chi connectivity index (χ0v) is 15.3. The Bertz CT molecular complexity index is 850. The normalized spacial score (nSPS) is 16.1. The lowest BCUT2D eigenvalue weighted by atomic mass is 10.1. The number of anilines is 1. The minimum atomic E-state index is -0.180. The van der Waals surface area contributed by atoms with Gasteiger partial charge in [0.25, 0.3) is 5.91 Å². The van der Waals surface area contributed by atoms with E-state index < -0.39 is 0 Å². The first-order valence-corrected chi connectivity index (χ1v) is 8.42. The molecule has 2 aromatic rings. The fourth-order valence-corrected chi connectivity index (χ4v) is 3.32. The summed E-state index contributed by atoms with van der Waals surface area (Å²) in [5.41, 5.74) is 2.98. The summed E-state index contributed by atoms with van der Waals surface area (Å²) in [4.78, 5) is 14.2. The largest absolute Gasteiger partial charge is 0.327 e. The molecule has 0 saturated carbocycles. The molecule has 3 rings (SSSR count). The van der Waals surface area contributed by atoms with Crippen molar-refractivity contribution in [1.82, 2.24) is 5.32 Å². The number of benzene rings is 2. The topological polar surface area (TPSA) is 32.3 Å². The predicted octanol–water partition coefficient (Wildman–Crippen LogP) is 4.67. The van der Waals surface area contributed by atoms with Crippen molar-refractivity contribution in [2.24, 2.45) is 0 Å². The first-order valence-electron chi connectivity index (χ1n) is 6.84. The fraction of sp³-hybridized carbons (Fsp3) is 0.0588. The lowest BCUT2D eigenvalue weighted by Crippen LogP contribution is -2.30. The predicted molar refractivity (Wildman–Crippen MR) is 102 cm³/mol. The average molecular weight is 408 g/mol. The summed E-state index contributed by atoms with van der Waals surface area (Å²) in [7, 11) is 0. The Hall–Kier alpha value is -1.69. The van der Waals surface area contributed by atoms with Crippen molar-refractivity contribution in [3.63, 3.8) is 0 Å². The standard InChI is InChI=1S/C17H12BrClN2OS/c1-10-7-13(19)5-6-15(10)21-16(22)14(20-17(21)23)9-11-3-2-4-12(18)8-11/h2-9H,1H3,(H,20,23)/b14-9+. The molecule has 1 heterocycles. The van der Waals surface area contributed by atoms with Crippen LogP contribution in [0, 0.1) is 6.92 Å². The van der Waals surface area contributed by atoms with Gasteiger partial charge in [-0.3, -0.25) is 9.69 Å². The first kappa shape index (κ1) is 16.2. The van der Waals surface area contributed by atoms with Crippen molar-refractivity contribution >= 4 is 62.5 Å². The van der Waals surface area contributed by atoms with Gasteiger partial charge in [0.15, 0.2) is 5.11 Å². The molecule has 0 spiro atoms. The van der Waals surface area contributed by atoms with E-state index in [1.54, 1.807) is 18.2 Å². The highest BCUT2D eigenvalue weighted by atomic mass is 79.9. The van der Waals surface area contributed by atoms with Gasteiger partial charge >= 0.3 is 0 Å². The number of thiocarbonyl (C=S) groups is 1. The molecule has 3 nitrogen and oxygen atoms in total. The summed E-state index contributed by atoms with van der Waals surface area (Å²) in [6.07, 6.45) is 1.78. The molecule has 1 fully saturated rings. The Morgan fingerprint density at radius 1 is 1.26 bits per heavy atom. The van der Waals surface area contributed by atoms with Gasteiger partial charge in [-0.2, -0.15) is 0 Å². The van der Waals surface area contributed by atoms with Crippen LogP contribution in [0.5, 0.6) is 0 Å². The molecule has 0 atom stereocenters. The van der Waals surface area contributed by atoms with E-state index >= 15 is 0 Å². The zero-order chi connectivity index (χ0) is 16.6. The molecular weight excluding hydrogens is 396 g/mol. The van der Waals surface area contributed by atoms with E-state index in [1.807, 2.05) is 37.3 Å². The molecule has 116 valence electrons. The highest BCUT2D eigenvalue weighted by Crippen LogP contribution is 2.28. The van der Waals surface area contributed by atoms with Crippen LogP contribution in [0.4, 0.5) is 5.69 Å². The third-order valence-corrected chi connectivity index (χ3v) is 4.45. The van der Waals surface area contributed by atoms with Gasteiger partial charge in [-0.1, -0.05) is 39.7 Å². The highest BCUT2D eigenvalue weighted by molar-refractivity contribution is 9.10.